The number of hydrogen-bond donors (Lipinski definition) is 0. The summed E-state index contributed by atoms with van der Waals surface area (Å²) < 4.78 is 0. The summed E-state index contributed by atoms with van der Waals surface area (Å²) in [4.78, 5) is 29.5. The van der Waals surface area contributed by atoms with E-state index in [9.17, 15) is 4.79 Å². The maximum Gasteiger partial charge on any atom is 0.236 e. The first-order chi connectivity index (χ1) is 12.1. The zero-order valence-corrected chi connectivity index (χ0v) is 14.9. The highest BCUT2D eigenvalue weighted by molar-refractivity contribution is 5.78. The van der Waals surface area contributed by atoms with Crippen LogP contribution in [0.5, 0.6) is 0 Å². The average molecular weight is 339 g/mol. The molecule has 3 heterocycles. The lowest BCUT2D eigenvalue weighted by Gasteiger charge is -2.33. The van der Waals surface area contributed by atoms with E-state index in [0.717, 1.165) is 49.6 Å². The summed E-state index contributed by atoms with van der Waals surface area (Å²) in [6.45, 7) is 4.63. The van der Waals surface area contributed by atoms with Crippen LogP contribution >= 0.6 is 0 Å². The normalized spacial score (nSPS) is 17.7. The third kappa shape index (κ3) is 4.82. The zero-order valence-electron chi connectivity index (χ0n) is 14.9. The molecule has 1 amide bonds. The molecule has 2 aromatic heterocycles. The Morgan fingerprint density at radius 2 is 2.24 bits per heavy atom. The smallest absolute Gasteiger partial charge is 0.236 e. The molecule has 1 atom stereocenters. The van der Waals surface area contributed by atoms with Gasteiger partial charge in [-0.1, -0.05) is 6.07 Å². The van der Waals surface area contributed by atoms with Gasteiger partial charge >= 0.3 is 0 Å². The molecule has 0 aromatic carbocycles. The molecule has 6 heteroatoms. The van der Waals surface area contributed by atoms with E-state index >= 15 is 0 Å². The van der Waals surface area contributed by atoms with Crippen LogP contribution in [0, 0.1) is 6.92 Å². The van der Waals surface area contributed by atoms with E-state index in [1.54, 1.807) is 12.4 Å². The van der Waals surface area contributed by atoms with E-state index in [-0.39, 0.29) is 5.91 Å². The molecule has 1 aliphatic rings. The van der Waals surface area contributed by atoms with Gasteiger partial charge in [0.15, 0.2) is 0 Å². The summed E-state index contributed by atoms with van der Waals surface area (Å²) in [6, 6.07) is 5.92. The number of aromatic nitrogens is 3. The quantitative estimate of drug-likeness (QED) is 0.834. The standard InChI is InChI=1S/C19H25N5O/c1-15-21-9-7-18(22-15)17-6-4-10-24(13-17)19(25)14-23(2)12-16-5-3-8-20-11-16/h3,5,7-9,11,17H,4,6,10,12-14H2,1-2H3. The summed E-state index contributed by atoms with van der Waals surface area (Å²) in [6.07, 6.45) is 7.50. The molecule has 0 N–H and O–H groups in total. The van der Waals surface area contributed by atoms with Gasteiger partial charge in [0.2, 0.25) is 5.91 Å². The maximum atomic E-state index is 12.7. The lowest BCUT2D eigenvalue weighted by molar-refractivity contribution is -0.133. The summed E-state index contributed by atoms with van der Waals surface area (Å²) in [5.41, 5.74) is 2.17. The molecule has 132 valence electrons. The summed E-state index contributed by atoms with van der Waals surface area (Å²) in [5.74, 6) is 1.28. The Labute approximate surface area is 148 Å². The van der Waals surface area contributed by atoms with Gasteiger partial charge in [-0.3, -0.25) is 14.7 Å². The number of hydrogen-bond acceptors (Lipinski definition) is 5. The Bertz CT molecular complexity index is 706. The molecule has 1 aliphatic heterocycles. The van der Waals surface area contributed by atoms with E-state index in [2.05, 4.69) is 15.0 Å². The molecular weight excluding hydrogens is 314 g/mol. The van der Waals surface area contributed by atoms with Gasteiger partial charge < -0.3 is 4.90 Å². The van der Waals surface area contributed by atoms with Gasteiger partial charge in [0.05, 0.1) is 6.54 Å². The van der Waals surface area contributed by atoms with Crippen LogP contribution in [0.25, 0.3) is 0 Å². The average Bonchev–Trinajstić information content (AvgIpc) is 2.62. The van der Waals surface area contributed by atoms with Crippen molar-refractivity contribution in [2.24, 2.45) is 0 Å². The minimum atomic E-state index is 0.182. The molecule has 6 nitrogen and oxygen atoms in total. The van der Waals surface area contributed by atoms with E-state index < -0.39 is 0 Å². The highest BCUT2D eigenvalue weighted by Crippen LogP contribution is 2.25. The number of aryl methyl sites for hydroxylation is 1. The van der Waals surface area contributed by atoms with Gasteiger partial charge in [0, 0.05) is 49.8 Å². The molecule has 0 radical (unpaired) electrons. The third-order valence-corrected chi connectivity index (χ3v) is 4.57. The van der Waals surface area contributed by atoms with Crippen molar-refractivity contribution >= 4 is 5.91 Å². The van der Waals surface area contributed by atoms with Crippen molar-refractivity contribution in [2.45, 2.75) is 32.2 Å². The second-order valence-electron chi connectivity index (χ2n) is 6.74. The Morgan fingerprint density at radius 3 is 3.00 bits per heavy atom. The first-order valence-corrected chi connectivity index (χ1v) is 8.76. The molecule has 0 spiro atoms. The number of nitrogens with zero attached hydrogens (tertiary/aromatic N) is 5. The minimum Gasteiger partial charge on any atom is -0.341 e. The number of carbonyl (C=O) groups excluding carboxylic acids is 1. The fourth-order valence-electron chi connectivity index (χ4n) is 3.34. The molecular formula is C19H25N5O. The zero-order chi connectivity index (χ0) is 17.6. The van der Waals surface area contributed by atoms with Crippen LogP contribution < -0.4 is 0 Å². The molecule has 1 fully saturated rings. The van der Waals surface area contributed by atoms with Gasteiger partial charge in [-0.2, -0.15) is 0 Å². The molecule has 1 unspecified atom stereocenters. The highest BCUT2D eigenvalue weighted by atomic mass is 16.2. The molecule has 0 aliphatic carbocycles. The van der Waals surface area contributed by atoms with Crippen molar-refractivity contribution in [1.29, 1.82) is 0 Å². The van der Waals surface area contributed by atoms with Gasteiger partial charge in [-0.05, 0) is 44.5 Å². The lowest BCUT2D eigenvalue weighted by Crippen LogP contribution is -2.43. The van der Waals surface area contributed by atoms with Crippen molar-refractivity contribution in [3.8, 4) is 0 Å². The lowest BCUT2D eigenvalue weighted by atomic mass is 9.94. The van der Waals surface area contributed by atoms with Crippen LogP contribution in [0.4, 0.5) is 0 Å². The van der Waals surface area contributed by atoms with Crippen LogP contribution in [-0.2, 0) is 11.3 Å². The van der Waals surface area contributed by atoms with Crippen molar-refractivity contribution < 1.29 is 4.79 Å². The van der Waals surface area contributed by atoms with Crippen LogP contribution in [-0.4, -0.2) is 57.3 Å². The number of piperidine rings is 1. The predicted octanol–water partition coefficient (Wildman–Crippen LogP) is 2.02. The van der Waals surface area contributed by atoms with Crippen molar-refractivity contribution in [1.82, 2.24) is 24.8 Å². The first kappa shape index (κ1) is 17.5. The van der Waals surface area contributed by atoms with E-state index in [0.29, 0.717) is 12.5 Å². The fourth-order valence-corrected chi connectivity index (χ4v) is 3.34. The molecule has 3 rings (SSSR count). The number of carbonyl (C=O) groups is 1. The van der Waals surface area contributed by atoms with Crippen molar-refractivity contribution in [2.75, 3.05) is 26.7 Å². The number of rotatable bonds is 5. The Hall–Kier alpha value is -2.34. The van der Waals surface area contributed by atoms with Gasteiger partial charge in [-0.25, -0.2) is 9.97 Å². The Kier molecular flexibility index (Phi) is 5.71. The molecule has 1 saturated heterocycles. The number of amides is 1. The third-order valence-electron chi connectivity index (χ3n) is 4.57. The topological polar surface area (TPSA) is 62.2 Å². The van der Waals surface area contributed by atoms with E-state index in [1.807, 2.05) is 48.2 Å². The predicted molar refractivity (Wildman–Crippen MR) is 95.9 cm³/mol. The van der Waals surface area contributed by atoms with E-state index in [4.69, 9.17) is 0 Å². The van der Waals surface area contributed by atoms with Crippen LogP contribution in [0.3, 0.4) is 0 Å². The molecule has 2 aromatic rings. The largest absolute Gasteiger partial charge is 0.341 e. The second kappa shape index (κ2) is 8.16. The van der Waals surface area contributed by atoms with E-state index in [1.165, 1.54) is 0 Å². The van der Waals surface area contributed by atoms with Gasteiger partial charge in [-0.15, -0.1) is 0 Å². The van der Waals surface area contributed by atoms with Gasteiger partial charge in [0.25, 0.3) is 0 Å². The van der Waals surface area contributed by atoms with Crippen LogP contribution in [0.2, 0.25) is 0 Å². The maximum absolute atomic E-state index is 12.7. The fraction of sp³-hybridized carbons (Fsp3) is 0.474. The van der Waals surface area contributed by atoms with Crippen molar-refractivity contribution in [3.05, 3.63) is 53.9 Å². The number of likely N-dealkylation sites (tertiary alicyclic amines) is 1. The summed E-state index contributed by atoms with van der Waals surface area (Å²) >= 11 is 0. The first-order valence-electron chi connectivity index (χ1n) is 8.76. The van der Waals surface area contributed by atoms with Crippen molar-refractivity contribution in [3.63, 3.8) is 0 Å². The SMILES string of the molecule is Cc1nccc(C2CCCN(C(=O)CN(C)Cc3cccnc3)C2)n1. The summed E-state index contributed by atoms with van der Waals surface area (Å²) in [7, 11) is 1.97. The second-order valence-corrected chi connectivity index (χ2v) is 6.74. The van der Waals surface area contributed by atoms with Gasteiger partial charge in [0.1, 0.15) is 5.82 Å². The highest BCUT2D eigenvalue weighted by Gasteiger charge is 2.26. The monoisotopic (exact) mass is 339 g/mol. The molecule has 0 bridgehead atoms. The van der Waals surface area contributed by atoms with Crippen LogP contribution in [0.15, 0.2) is 36.8 Å². The molecule has 25 heavy (non-hydrogen) atoms. The minimum absolute atomic E-state index is 0.182. The Balaban J connectivity index is 1.56. The number of pyridine rings is 1. The molecule has 0 saturated carbocycles. The number of likely N-dealkylation sites (N-methyl/N-ethyl adjacent to an activating group) is 1. The Morgan fingerprint density at radius 1 is 1.36 bits per heavy atom. The summed E-state index contributed by atoms with van der Waals surface area (Å²) in [5, 5.41) is 0. The van der Waals surface area contributed by atoms with Crippen LogP contribution in [0.1, 0.15) is 35.8 Å².